The van der Waals surface area contributed by atoms with Gasteiger partial charge in [-0.15, -0.1) is 0 Å². The van der Waals surface area contributed by atoms with Crippen molar-refractivity contribution in [2.24, 2.45) is 34.5 Å². The molecule has 232 valence electrons. The van der Waals surface area contributed by atoms with Gasteiger partial charge in [0, 0.05) is 64.6 Å². The molecule has 0 aromatic heterocycles. The summed E-state index contributed by atoms with van der Waals surface area (Å²) < 4.78 is 30.8. The normalized spacial score (nSPS) is 50.1. The van der Waals surface area contributed by atoms with E-state index >= 15 is 0 Å². The van der Waals surface area contributed by atoms with Crippen LogP contribution < -0.4 is 10.5 Å². The molecule has 4 N–H and O–H groups in total. The molecule has 7 rings (SSSR count). The summed E-state index contributed by atoms with van der Waals surface area (Å²) in [6.07, 6.45) is 1.27. The van der Waals surface area contributed by atoms with Gasteiger partial charge in [-0.25, -0.2) is 0 Å². The Morgan fingerprint density at radius 1 is 1.10 bits per heavy atom. The maximum Gasteiger partial charge on any atom is 0.311 e. The zero-order valence-corrected chi connectivity index (χ0v) is 25.3. The van der Waals surface area contributed by atoms with Crippen LogP contribution in [0.2, 0.25) is 0 Å². The molecule has 10 nitrogen and oxygen atoms in total. The number of esters is 1. The Morgan fingerprint density at radius 3 is 2.50 bits per heavy atom. The number of rotatable bonds is 8. The van der Waals surface area contributed by atoms with Crippen LogP contribution >= 0.6 is 0 Å². The minimum atomic E-state index is -1.64. The van der Waals surface area contributed by atoms with Crippen LogP contribution in [0.1, 0.15) is 39.0 Å². The van der Waals surface area contributed by atoms with Crippen LogP contribution in [-0.2, 0) is 23.7 Å². The van der Waals surface area contributed by atoms with Crippen LogP contribution in [0, 0.1) is 34.5 Å². The van der Waals surface area contributed by atoms with Crippen molar-refractivity contribution in [3.05, 3.63) is 24.3 Å². The number of carbonyl (C=O) groups excluding carboxylic acids is 1. The maximum atomic E-state index is 13.8. The number of carbonyl (C=O) groups is 1. The molecule has 42 heavy (non-hydrogen) atoms. The molecule has 1 aromatic rings. The number of likely N-dealkylation sites (tertiary alicyclic amines) is 1. The Bertz CT molecular complexity index is 1250. The van der Waals surface area contributed by atoms with Crippen molar-refractivity contribution in [2.45, 2.75) is 80.7 Å². The standard InChI is InChI=1S/C32H46N2O8/c1-6-34-16-29(15-23(35)42-20-10-8-7-9-19(20)33)12-11-22(39-3)31-18-13-17-21(38-2)14-30(36,24(18)25(17)40-4)32(37,28(31)34)27(41-5)26(29)31/h7-10,17-18,21-22,24-28,36-37H,6,11-16,33H2,1-5H3/t17-,18-,21+,22+,24-,25+,26-,27+,28+,29-,30-,31+,32-/m1/s1. The second-order valence-electron chi connectivity index (χ2n) is 13.9. The summed E-state index contributed by atoms with van der Waals surface area (Å²) in [6, 6.07) is 6.62. The lowest BCUT2D eigenvalue weighted by molar-refractivity contribution is -0.319. The summed E-state index contributed by atoms with van der Waals surface area (Å²) in [6.45, 7) is 3.33. The number of ether oxygens (including phenoxy) is 5. The van der Waals surface area contributed by atoms with Gasteiger partial charge in [0.1, 0.15) is 11.2 Å². The van der Waals surface area contributed by atoms with E-state index in [1.165, 1.54) is 0 Å². The molecule has 6 aliphatic rings. The van der Waals surface area contributed by atoms with E-state index < -0.39 is 34.2 Å². The minimum absolute atomic E-state index is 0.0206. The number of nitrogens with zero attached hydrogens (tertiary/aromatic N) is 1. The van der Waals surface area contributed by atoms with Crippen LogP contribution in [0.4, 0.5) is 5.69 Å². The fourth-order valence-corrected chi connectivity index (χ4v) is 12.1. The number of fused-ring (bicyclic) bond motifs is 2. The first-order chi connectivity index (χ1) is 20.1. The molecule has 0 amide bonds. The molecule has 1 aliphatic heterocycles. The number of likely N-dealkylation sites (N-methyl/N-ethyl adjacent to an activating group) is 1. The summed E-state index contributed by atoms with van der Waals surface area (Å²) >= 11 is 0. The number of piperidine rings is 1. The molecule has 7 bridgehead atoms. The molecule has 0 radical (unpaired) electrons. The highest BCUT2D eigenvalue weighted by Crippen LogP contribution is 2.81. The van der Waals surface area contributed by atoms with Gasteiger partial charge in [0.25, 0.3) is 0 Å². The van der Waals surface area contributed by atoms with Gasteiger partial charge in [-0.3, -0.25) is 9.69 Å². The number of para-hydroxylation sites is 2. The van der Waals surface area contributed by atoms with Crippen LogP contribution in [0.25, 0.3) is 0 Å². The lowest BCUT2D eigenvalue weighted by Crippen LogP contribution is -2.82. The highest BCUT2D eigenvalue weighted by molar-refractivity contribution is 5.75. The number of anilines is 1. The predicted molar refractivity (Wildman–Crippen MR) is 153 cm³/mol. The average Bonchev–Trinajstić information content (AvgIpc) is 3.39. The van der Waals surface area contributed by atoms with Crippen molar-refractivity contribution in [1.82, 2.24) is 4.90 Å². The highest BCUT2D eigenvalue weighted by atomic mass is 16.5. The number of nitrogens with two attached hydrogens (primary N) is 1. The van der Waals surface area contributed by atoms with Crippen molar-refractivity contribution in [3.8, 4) is 5.75 Å². The molecule has 1 saturated heterocycles. The van der Waals surface area contributed by atoms with Gasteiger partial charge in [-0.1, -0.05) is 19.1 Å². The molecule has 1 spiro atoms. The van der Waals surface area contributed by atoms with E-state index in [1.807, 2.05) is 6.07 Å². The van der Waals surface area contributed by atoms with Gasteiger partial charge in [-0.05, 0) is 49.3 Å². The van der Waals surface area contributed by atoms with Gasteiger partial charge < -0.3 is 39.6 Å². The maximum absolute atomic E-state index is 13.8. The zero-order valence-electron chi connectivity index (χ0n) is 25.3. The first kappa shape index (κ1) is 29.0. The molecule has 5 aliphatic carbocycles. The van der Waals surface area contributed by atoms with E-state index in [0.29, 0.717) is 37.4 Å². The van der Waals surface area contributed by atoms with Gasteiger partial charge >= 0.3 is 5.97 Å². The molecule has 1 heterocycles. The van der Waals surface area contributed by atoms with Crippen LogP contribution in [0.15, 0.2) is 24.3 Å². The lowest BCUT2D eigenvalue weighted by Gasteiger charge is -2.70. The number of nitrogen functional groups attached to an aromatic ring is 1. The monoisotopic (exact) mass is 586 g/mol. The summed E-state index contributed by atoms with van der Waals surface area (Å²) in [7, 11) is 6.78. The van der Waals surface area contributed by atoms with E-state index in [-0.39, 0.29) is 54.4 Å². The van der Waals surface area contributed by atoms with Crippen molar-refractivity contribution in [2.75, 3.05) is 47.3 Å². The van der Waals surface area contributed by atoms with Gasteiger partial charge in [0.2, 0.25) is 0 Å². The second kappa shape index (κ2) is 9.60. The van der Waals surface area contributed by atoms with Crippen LogP contribution in [0.5, 0.6) is 5.75 Å². The molecule has 6 fully saturated rings. The zero-order chi connectivity index (χ0) is 29.8. The van der Waals surface area contributed by atoms with Gasteiger partial charge in [0.05, 0.1) is 42.6 Å². The molecule has 1 aromatic carbocycles. The van der Waals surface area contributed by atoms with E-state index in [4.69, 9.17) is 29.4 Å². The molecule has 10 heteroatoms. The average molecular weight is 587 g/mol. The number of hydrogen-bond donors (Lipinski definition) is 3. The quantitative estimate of drug-likeness (QED) is 0.236. The van der Waals surface area contributed by atoms with Gasteiger partial charge in [-0.2, -0.15) is 0 Å². The van der Waals surface area contributed by atoms with Gasteiger partial charge in [0.15, 0.2) is 5.75 Å². The number of benzene rings is 1. The SMILES string of the molecule is CCN1C[C@]2(CC(=O)Oc3ccccc3N)CC[C@H](OC)[C@@]34[C@@H]5C[C@H]6[C@H](OC)[C@@H]5[C@](O)(C[C@@H]6OC)[C@@](O)([C@@H](OC)[C@H]23)[C@@H]14. The van der Waals surface area contributed by atoms with Crippen molar-refractivity contribution < 1.29 is 38.7 Å². The summed E-state index contributed by atoms with van der Waals surface area (Å²) in [5.74, 6) is -0.498. The summed E-state index contributed by atoms with van der Waals surface area (Å²) in [4.78, 5) is 16.1. The Hall–Kier alpha value is -1.79. The third kappa shape index (κ3) is 3.17. The third-order valence-electron chi connectivity index (χ3n) is 12.9. The molecule has 0 unspecified atom stereocenters. The number of methoxy groups -OCH3 is 4. The fourth-order valence-electron chi connectivity index (χ4n) is 12.1. The molecule has 13 atom stereocenters. The number of aliphatic hydroxyl groups is 2. The lowest BCUT2D eigenvalue weighted by atomic mass is 9.42. The minimum Gasteiger partial charge on any atom is -0.424 e. The Kier molecular flexibility index (Phi) is 6.62. The Labute approximate surface area is 247 Å². The fraction of sp³-hybridized carbons (Fsp3) is 0.781. The predicted octanol–water partition coefficient (Wildman–Crippen LogP) is 1.86. The molecular weight excluding hydrogens is 540 g/mol. The van der Waals surface area contributed by atoms with E-state index in [9.17, 15) is 15.0 Å². The molecule has 5 saturated carbocycles. The van der Waals surface area contributed by atoms with E-state index in [0.717, 1.165) is 12.8 Å². The van der Waals surface area contributed by atoms with Crippen LogP contribution in [0.3, 0.4) is 0 Å². The summed E-state index contributed by atoms with van der Waals surface area (Å²) in [5.41, 5.74) is 2.24. The Morgan fingerprint density at radius 2 is 1.86 bits per heavy atom. The van der Waals surface area contributed by atoms with E-state index in [1.54, 1.807) is 46.6 Å². The first-order valence-electron chi connectivity index (χ1n) is 15.5. The van der Waals surface area contributed by atoms with Crippen molar-refractivity contribution in [1.29, 1.82) is 0 Å². The third-order valence-corrected chi connectivity index (χ3v) is 12.9. The largest absolute Gasteiger partial charge is 0.424 e. The van der Waals surface area contributed by atoms with Crippen molar-refractivity contribution in [3.63, 3.8) is 0 Å². The second-order valence-corrected chi connectivity index (χ2v) is 13.9. The molecular formula is C32H46N2O8. The number of hydrogen-bond acceptors (Lipinski definition) is 10. The van der Waals surface area contributed by atoms with Crippen LogP contribution in [-0.4, -0.2) is 104 Å². The first-order valence-corrected chi connectivity index (χ1v) is 15.5. The van der Waals surface area contributed by atoms with E-state index in [2.05, 4.69) is 11.8 Å². The highest BCUT2D eigenvalue weighted by Gasteiger charge is 2.91. The smallest absolute Gasteiger partial charge is 0.311 e. The Balaban J connectivity index is 1.42. The summed E-state index contributed by atoms with van der Waals surface area (Å²) in [5, 5.41) is 26.3. The van der Waals surface area contributed by atoms with Crippen molar-refractivity contribution >= 4 is 11.7 Å². The topological polar surface area (TPSA) is 133 Å².